The molecule has 0 unspecified atom stereocenters. The van der Waals surface area contributed by atoms with Crippen molar-refractivity contribution >= 4 is 17.4 Å². The monoisotopic (exact) mass is 280 g/mol. The summed E-state index contributed by atoms with van der Waals surface area (Å²) in [5.41, 5.74) is 0.0335. The highest BCUT2D eigenvalue weighted by Crippen LogP contribution is 2.21. The van der Waals surface area contributed by atoms with Gasteiger partial charge in [-0.2, -0.15) is 0 Å². The minimum absolute atomic E-state index is 0.191. The molecule has 1 saturated heterocycles. The van der Waals surface area contributed by atoms with Gasteiger partial charge in [0.15, 0.2) is 0 Å². The molecule has 0 spiro atoms. The fourth-order valence-electron chi connectivity index (χ4n) is 1.96. The number of aromatic nitrogens is 1. The first-order chi connectivity index (χ1) is 9.63. The lowest BCUT2D eigenvalue weighted by molar-refractivity contribution is -0.385. The van der Waals surface area contributed by atoms with Crippen LogP contribution in [0.1, 0.15) is 17.3 Å². The molecule has 2 rings (SSSR count). The van der Waals surface area contributed by atoms with Crippen LogP contribution in [0.4, 0.5) is 11.5 Å². The fraction of sp³-hybridized carbons (Fsp3) is 0.500. The summed E-state index contributed by atoms with van der Waals surface area (Å²) in [6, 6.07) is 1.27. The number of morpholine rings is 1. The largest absolute Gasteiger partial charge is 0.378 e. The number of nitrogens with one attached hydrogen (secondary N) is 1. The second-order valence-corrected chi connectivity index (χ2v) is 4.28. The number of amides is 1. The standard InChI is InChI=1S/C12H16N4O4/c1-2-13-11-10(7-9(8-14-11)16(18)19)12(17)15-3-5-20-6-4-15/h7-8H,2-6H2,1H3,(H,13,14). The van der Waals surface area contributed by atoms with Crippen LogP contribution in [0.5, 0.6) is 0 Å². The highest BCUT2D eigenvalue weighted by Gasteiger charge is 2.24. The van der Waals surface area contributed by atoms with Crippen molar-refractivity contribution in [3.05, 3.63) is 27.9 Å². The number of carbonyl (C=O) groups is 1. The van der Waals surface area contributed by atoms with E-state index in [0.29, 0.717) is 38.7 Å². The number of pyridine rings is 1. The maximum atomic E-state index is 12.4. The highest BCUT2D eigenvalue weighted by atomic mass is 16.6. The van der Waals surface area contributed by atoms with Crippen molar-refractivity contribution in [3.63, 3.8) is 0 Å². The zero-order valence-electron chi connectivity index (χ0n) is 11.2. The summed E-state index contributed by atoms with van der Waals surface area (Å²) in [6.07, 6.45) is 1.15. The molecule has 1 aliphatic rings. The van der Waals surface area contributed by atoms with Crippen LogP contribution in [0, 0.1) is 10.1 Å². The highest BCUT2D eigenvalue weighted by molar-refractivity contribution is 5.99. The molecule has 1 aromatic rings. The van der Waals surface area contributed by atoms with E-state index in [1.807, 2.05) is 6.92 Å². The van der Waals surface area contributed by atoms with Gasteiger partial charge in [0, 0.05) is 25.7 Å². The molecule has 0 saturated carbocycles. The lowest BCUT2D eigenvalue weighted by atomic mass is 10.2. The van der Waals surface area contributed by atoms with Crippen LogP contribution in [-0.4, -0.2) is 53.6 Å². The molecule has 1 fully saturated rings. The molecule has 0 bridgehead atoms. The van der Waals surface area contributed by atoms with E-state index in [9.17, 15) is 14.9 Å². The molecule has 108 valence electrons. The normalized spacial score (nSPS) is 14.9. The lowest BCUT2D eigenvalue weighted by Crippen LogP contribution is -2.41. The second-order valence-electron chi connectivity index (χ2n) is 4.28. The van der Waals surface area contributed by atoms with Gasteiger partial charge in [-0.15, -0.1) is 0 Å². The van der Waals surface area contributed by atoms with Gasteiger partial charge in [-0.25, -0.2) is 4.98 Å². The second kappa shape index (κ2) is 6.29. The van der Waals surface area contributed by atoms with Gasteiger partial charge in [-0.1, -0.05) is 0 Å². The Morgan fingerprint density at radius 1 is 1.55 bits per heavy atom. The zero-order chi connectivity index (χ0) is 14.5. The van der Waals surface area contributed by atoms with Crippen LogP contribution in [0.15, 0.2) is 12.3 Å². The van der Waals surface area contributed by atoms with Crippen molar-refractivity contribution in [1.29, 1.82) is 0 Å². The van der Waals surface area contributed by atoms with Gasteiger partial charge in [0.2, 0.25) is 0 Å². The predicted octanol–water partition coefficient (Wildman–Crippen LogP) is 0.894. The van der Waals surface area contributed by atoms with Crippen molar-refractivity contribution in [1.82, 2.24) is 9.88 Å². The number of nitrogens with zero attached hydrogens (tertiary/aromatic N) is 3. The zero-order valence-corrected chi connectivity index (χ0v) is 11.2. The molecule has 8 heteroatoms. The van der Waals surface area contributed by atoms with E-state index >= 15 is 0 Å². The summed E-state index contributed by atoms with van der Waals surface area (Å²) in [5, 5.41) is 13.8. The van der Waals surface area contributed by atoms with E-state index in [1.165, 1.54) is 6.07 Å². The first kappa shape index (κ1) is 14.2. The smallest absolute Gasteiger partial charge is 0.288 e. The maximum absolute atomic E-state index is 12.4. The van der Waals surface area contributed by atoms with E-state index in [2.05, 4.69) is 10.3 Å². The van der Waals surface area contributed by atoms with Crippen molar-refractivity contribution in [2.24, 2.45) is 0 Å². The van der Waals surface area contributed by atoms with Gasteiger partial charge in [-0.05, 0) is 6.92 Å². The molecule has 2 heterocycles. The Morgan fingerprint density at radius 2 is 2.25 bits per heavy atom. The van der Waals surface area contributed by atoms with E-state index in [0.717, 1.165) is 6.20 Å². The van der Waals surface area contributed by atoms with Crippen molar-refractivity contribution in [2.45, 2.75) is 6.92 Å². The summed E-state index contributed by atoms with van der Waals surface area (Å²) in [4.78, 5) is 28.3. The van der Waals surface area contributed by atoms with E-state index in [-0.39, 0.29) is 17.2 Å². The topological polar surface area (TPSA) is 97.6 Å². The Bertz CT molecular complexity index is 514. The quantitative estimate of drug-likeness (QED) is 0.650. The van der Waals surface area contributed by atoms with Gasteiger partial charge in [0.1, 0.15) is 12.0 Å². The minimum atomic E-state index is -0.557. The number of rotatable bonds is 4. The number of hydrogen-bond acceptors (Lipinski definition) is 6. The molecule has 0 aliphatic carbocycles. The third kappa shape index (κ3) is 3.02. The number of carbonyl (C=O) groups excluding carboxylic acids is 1. The molecule has 1 amide bonds. The Morgan fingerprint density at radius 3 is 2.85 bits per heavy atom. The van der Waals surface area contributed by atoms with Crippen LogP contribution in [0.3, 0.4) is 0 Å². The molecule has 8 nitrogen and oxygen atoms in total. The maximum Gasteiger partial charge on any atom is 0.288 e. The van der Waals surface area contributed by atoms with Gasteiger partial charge in [-0.3, -0.25) is 14.9 Å². The molecular weight excluding hydrogens is 264 g/mol. The summed E-state index contributed by atoms with van der Waals surface area (Å²) in [7, 11) is 0. The van der Waals surface area contributed by atoms with E-state index in [1.54, 1.807) is 4.90 Å². The SMILES string of the molecule is CCNc1ncc([N+](=O)[O-])cc1C(=O)N1CCOCC1. The van der Waals surface area contributed by atoms with Crippen LogP contribution < -0.4 is 5.32 Å². The number of nitro groups is 1. The van der Waals surface area contributed by atoms with Crippen LogP contribution in [0.25, 0.3) is 0 Å². The molecule has 1 N–H and O–H groups in total. The Labute approximate surface area is 115 Å². The van der Waals surface area contributed by atoms with Gasteiger partial charge >= 0.3 is 0 Å². The Balaban J connectivity index is 2.32. The van der Waals surface area contributed by atoms with Crippen LogP contribution in [-0.2, 0) is 4.74 Å². The van der Waals surface area contributed by atoms with E-state index < -0.39 is 4.92 Å². The first-order valence-electron chi connectivity index (χ1n) is 6.38. The Hall–Kier alpha value is -2.22. The molecule has 0 atom stereocenters. The number of anilines is 1. The molecule has 1 aliphatic heterocycles. The van der Waals surface area contributed by atoms with Crippen molar-refractivity contribution < 1.29 is 14.5 Å². The summed E-state index contributed by atoms with van der Waals surface area (Å²) >= 11 is 0. The van der Waals surface area contributed by atoms with Gasteiger partial charge in [0.25, 0.3) is 11.6 Å². The summed E-state index contributed by atoms with van der Waals surface area (Å²) in [6.45, 7) is 4.36. The lowest BCUT2D eigenvalue weighted by Gasteiger charge is -2.27. The molecular formula is C12H16N4O4. The fourth-order valence-corrected chi connectivity index (χ4v) is 1.96. The predicted molar refractivity (Wildman–Crippen MR) is 71.8 cm³/mol. The van der Waals surface area contributed by atoms with Crippen LogP contribution >= 0.6 is 0 Å². The first-order valence-corrected chi connectivity index (χ1v) is 6.38. The average Bonchev–Trinajstić information content (AvgIpc) is 2.48. The minimum Gasteiger partial charge on any atom is -0.378 e. The molecule has 1 aromatic heterocycles. The number of hydrogen-bond donors (Lipinski definition) is 1. The summed E-state index contributed by atoms with van der Waals surface area (Å²) < 4.78 is 5.19. The Kier molecular flexibility index (Phi) is 4.46. The van der Waals surface area contributed by atoms with Crippen LogP contribution in [0.2, 0.25) is 0 Å². The van der Waals surface area contributed by atoms with E-state index in [4.69, 9.17) is 4.74 Å². The van der Waals surface area contributed by atoms with Crippen molar-refractivity contribution in [3.8, 4) is 0 Å². The third-order valence-corrected chi connectivity index (χ3v) is 2.96. The molecule has 0 aromatic carbocycles. The van der Waals surface area contributed by atoms with Crippen molar-refractivity contribution in [2.75, 3.05) is 38.2 Å². The number of ether oxygens (including phenoxy) is 1. The molecule has 0 radical (unpaired) electrons. The average molecular weight is 280 g/mol. The van der Waals surface area contributed by atoms with Gasteiger partial charge < -0.3 is 15.0 Å². The van der Waals surface area contributed by atoms with Gasteiger partial charge in [0.05, 0.1) is 23.7 Å². The molecule has 20 heavy (non-hydrogen) atoms. The summed E-state index contributed by atoms with van der Waals surface area (Å²) in [5.74, 6) is 0.107. The third-order valence-electron chi connectivity index (χ3n) is 2.96.